The minimum absolute atomic E-state index is 0.0348. The highest BCUT2D eigenvalue weighted by molar-refractivity contribution is 5.76. The predicted molar refractivity (Wildman–Crippen MR) is 253 cm³/mol. The van der Waals surface area contributed by atoms with Crippen molar-refractivity contribution in [1.29, 1.82) is 0 Å². The number of allylic oxidation sites excluding steroid dienone is 2. The Morgan fingerprint density at radius 3 is 0.965 bits per heavy atom. The van der Waals surface area contributed by atoms with Crippen LogP contribution in [0.5, 0.6) is 0 Å². The molecule has 2 atom stereocenters. The van der Waals surface area contributed by atoms with Crippen molar-refractivity contribution in [3.05, 3.63) is 12.2 Å². The van der Waals surface area contributed by atoms with Crippen LogP contribution >= 0.6 is 0 Å². The van der Waals surface area contributed by atoms with Crippen LogP contribution in [0.2, 0.25) is 0 Å². The van der Waals surface area contributed by atoms with Crippen molar-refractivity contribution in [1.82, 2.24) is 5.32 Å². The molecule has 0 saturated heterocycles. The number of nitrogens with one attached hydrogen (secondary N) is 1. The minimum atomic E-state index is -0.651. The van der Waals surface area contributed by atoms with Gasteiger partial charge in [0.1, 0.15) is 0 Å². The van der Waals surface area contributed by atoms with E-state index < -0.39 is 12.1 Å². The van der Waals surface area contributed by atoms with E-state index in [1.54, 1.807) is 0 Å². The highest BCUT2D eigenvalue weighted by Crippen LogP contribution is 2.18. The van der Waals surface area contributed by atoms with E-state index in [2.05, 4.69) is 31.3 Å². The monoisotopic (exact) mass is 804 g/mol. The third-order valence-electron chi connectivity index (χ3n) is 12.5. The number of hydrogen-bond donors (Lipinski definition) is 3. The summed E-state index contributed by atoms with van der Waals surface area (Å²) in [5, 5.41) is 22.7. The lowest BCUT2D eigenvalue weighted by Gasteiger charge is -2.22. The summed E-state index contributed by atoms with van der Waals surface area (Å²) in [5.41, 5.74) is 0. The van der Waals surface area contributed by atoms with Gasteiger partial charge in [-0.3, -0.25) is 4.79 Å². The Morgan fingerprint density at radius 1 is 0.404 bits per heavy atom. The van der Waals surface area contributed by atoms with E-state index >= 15 is 0 Å². The van der Waals surface area contributed by atoms with E-state index in [9.17, 15) is 15.0 Å². The van der Waals surface area contributed by atoms with E-state index in [0.29, 0.717) is 12.8 Å². The summed E-state index contributed by atoms with van der Waals surface area (Å²) >= 11 is 0. The maximum absolute atomic E-state index is 12.3. The zero-order valence-corrected chi connectivity index (χ0v) is 39.1. The van der Waals surface area contributed by atoms with Crippen LogP contribution in [0.1, 0.15) is 303 Å². The van der Waals surface area contributed by atoms with E-state index in [1.807, 2.05) is 0 Å². The molecule has 0 aliphatic heterocycles. The van der Waals surface area contributed by atoms with Crippen molar-refractivity contribution in [3.63, 3.8) is 0 Å². The van der Waals surface area contributed by atoms with Crippen LogP contribution in [0, 0.1) is 0 Å². The van der Waals surface area contributed by atoms with Crippen molar-refractivity contribution < 1.29 is 15.0 Å². The summed E-state index contributed by atoms with van der Waals surface area (Å²) in [4.78, 5) is 12.3. The first-order chi connectivity index (χ1) is 28.2. The third kappa shape index (κ3) is 46.1. The molecular weight excluding hydrogens is 699 g/mol. The normalized spacial score (nSPS) is 12.8. The number of hydrogen-bond acceptors (Lipinski definition) is 3. The molecule has 0 aliphatic rings. The first kappa shape index (κ1) is 56.1. The van der Waals surface area contributed by atoms with E-state index in [1.165, 1.54) is 244 Å². The van der Waals surface area contributed by atoms with Gasteiger partial charge in [0.15, 0.2) is 0 Å². The van der Waals surface area contributed by atoms with Crippen molar-refractivity contribution in [2.24, 2.45) is 0 Å². The van der Waals surface area contributed by atoms with E-state index in [-0.39, 0.29) is 12.5 Å². The lowest BCUT2D eigenvalue weighted by Crippen LogP contribution is -2.45. The number of aliphatic hydroxyl groups excluding tert-OH is 2. The molecule has 0 saturated carbocycles. The van der Waals surface area contributed by atoms with Crippen molar-refractivity contribution in [2.45, 2.75) is 315 Å². The molecule has 1 amide bonds. The molecule has 4 heteroatoms. The van der Waals surface area contributed by atoms with Crippen LogP contribution in [-0.2, 0) is 4.79 Å². The molecule has 0 heterocycles. The minimum Gasteiger partial charge on any atom is -0.394 e. The molecule has 3 N–H and O–H groups in total. The van der Waals surface area contributed by atoms with Gasteiger partial charge in [-0.2, -0.15) is 0 Å². The molecule has 0 rings (SSSR count). The average Bonchev–Trinajstić information content (AvgIpc) is 3.22. The Labute approximate surface area is 358 Å². The topological polar surface area (TPSA) is 69.6 Å². The Bertz CT molecular complexity index is 784. The quantitative estimate of drug-likeness (QED) is 0.0424. The van der Waals surface area contributed by atoms with E-state index in [4.69, 9.17) is 0 Å². The molecule has 4 nitrogen and oxygen atoms in total. The first-order valence-electron chi connectivity index (χ1n) is 26.4. The number of amides is 1. The number of aliphatic hydroxyl groups is 2. The van der Waals surface area contributed by atoms with Gasteiger partial charge in [-0.15, -0.1) is 0 Å². The molecule has 0 aromatic carbocycles. The van der Waals surface area contributed by atoms with Gasteiger partial charge in [-0.1, -0.05) is 270 Å². The number of unbranched alkanes of at least 4 members (excludes halogenated alkanes) is 40. The second-order valence-corrected chi connectivity index (χ2v) is 18.3. The zero-order chi connectivity index (χ0) is 41.4. The smallest absolute Gasteiger partial charge is 0.220 e. The molecule has 57 heavy (non-hydrogen) atoms. The largest absolute Gasteiger partial charge is 0.394 e. The lowest BCUT2D eigenvalue weighted by molar-refractivity contribution is -0.123. The second kappa shape index (κ2) is 49.5. The first-order valence-corrected chi connectivity index (χ1v) is 26.4. The van der Waals surface area contributed by atoms with Crippen LogP contribution in [0.3, 0.4) is 0 Å². The van der Waals surface area contributed by atoms with Crippen LogP contribution in [0.4, 0.5) is 0 Å². The number of carbonyl (C=O) groups is 1. The van der Waals surface area contributed by atoms with Gasteiger partial charge in [0.25, 0.3) is 0 Å². The lowest BCUT2D eigenvalue weighted by atomic mass is 10.0. The highest BCUT2D eigenvalue weighted by atomic mass is 16.3. The van der Waals surface area contributed by atoms with Gasteiger partial charge < -0.3 is 15.5 Å². The molecule has 0 aromatic rings. The number of carbonyl (C=O) groups excluding carboxylic acids is 1. The summed E-state index contributed by atoms with van der Waals surface area (Å²) in [7, 11) is 0. The summed E-state index contributed by atoms with van der Waals surface area (Å²) in [6, 6.07) is -0.527. The van der Waals surface area contributed by atoms with Gasteiger partial charge in [-0.25, -0.2) is 0 Å². The Morgan fingerprint density at radius 2 is 0.667 bits per heavy atom. The van der Waals surface area contributed by atoms with Crippen LogP contribution in [-0.4, -0.2) is 34.9 Å². The summed E-state index contributed by atoms with van der Waals surface area (Å²) < 4.78 is 0. The van der Waals surface area contributed by atoms with Gasteiger partial charge in [0.05, 0.1) is 18.8 Å². The van der Waals surface area contributed by atoms with Crippen molar-refractivity contribution in [3.8, 4) is 0 Å². The van der Waals surface area contributed by atoms with Gasteiger partial charge >= 0.3 is 0 Å². The molecule has 0 bridgehead atoms. The average molecular weight is 804 g/mol. The summed E-state index contributed by atoms with van der Waals surface area (Å²) in [6.07, 6.45) is 64.1. The van der Waals surface area contributed by atoms with E-state index in [0.717, 1.165) is 32.1 Å². The van der Waals surface area contributed by atoms with Crippen LogP contribution in [0.25, 0.3) is 0 Å². The van der Waals surface area contributed by atoms with Gasteiger partial charge in [-0.05, 0) is 38.5 Å². The van der Waals surface area contributed by atoms with Crippen LogP contribution in [0.15, 0.2) is 12.2 Å². The predicted octanol–water partition coefficient (Wildman–Crippen LogP) is 17.0. The van der Waals surface area contributed by atoms with Crippen molar-refractivity contribution in [2.75, 3.05) is 6.61 Å². The Kier molecular flexibility index (Phi) is 48.7. The molecule has 2 unspecified atom stereocenters. The molecule has 0 aliphatic carbocycles. The third-order valence-corrected chi connectivity index (χ3v) is 12.5. The van der Waals surface area contributed by atoms with Crippen molar-refractivity contribution >= 4 is 5.91 Å². The van der Waals surface area contributed by atoms with Gasteiger partial charge in [0.2, 0.25) is 5.91 Å². The molecule has 0 aromatic heterocycles. The highest BCUT2D eigenvalue weighted by Gasteiger charge is 2.19. The second-order valence-electron chi connectivity index (χ2n) is 18.3. The van der Waals surface area contributed by atoms with Crippen LogP contribution < -0.4 is 5.32 Å². The maximum Gasteiger partial charge on any atom is 0.220 e. The maximum atomic E-state index is 12.3. The fourth-order valence-corrected chi connectivity index (χ4v) is 8.48. The fraction of sp³-hybridized carbons (Fsp3) is 0.943. The fourth-order valence-electron chi connectivity index (χ4n) is 8.48. The Balaban J connectivity index is 3.23. The Hall–Kier alpha value is -0.870. The molecule has 0 spiro atoms. The molecular formula is C53H105NO3. The summed E-state index contributed by atoms with van der Waals surface area (Å²) in [6.45, 7) is 4.27. The number of rotatable bonds is 49. The SMILES string of the molecule is CCCCCCCCCC/C=C\CCCCCCCCCCCCCCCCCCCCCCCCCCCCCCCC(=O)NC(CO)C(O)CCCCCC. The van der Waals surface area contributed by atoms with Gasteiger partial charge in [0, 0.05) is 6.42 Å². The zero-order valence-electron chi connectivity index (χ0n) is 39.1. The summed E-state index contributed by atoms with van der Waals surface area (Å²) in [5.74, 6) is -0.0348. The standard InChI is InChI=1S/C53H105NO3/c1-3-5-7-9-10-11-12-13-14-15-16-17-18-19-20-21-22-23-24-25-26-27-28-29-30-31-32-33-34-35-36-37-38-39-40-41-42-43-44-45-47-49-53(57)54-51(50-55)52(56)48-46-8-6-4-2/h15-16,51-52,55-56H,3-14,17-50H2,1-2H3,(H,54,57)/b16-15-. The molecule has 0 radical (unpaired) electrons. The molecule has 0 fully saturated rings. The molecule has 340 valence electrons.